The maximum absolute atomic E-state index is 6.60. The first kappa shape index (κ1) is 25.6. The summed E-state index contributed by atoms with van der Waals surface area (Å²) in [6, 6.07) is 7.39. The molecule has 2 unspecified atom stereocenters. The number of halogens is 1. The van der Waals surface area contributed by atoms with Gasteiger partial charge in [-0.05, 0) is 69.1 Å². The third-order valence-corrected chi connectivity index (χ3v) is 7.75. The Balaban J connectivity index is 1.78. The summed E-state index contributed by atoms with van der Waals surface area (Å²) in [6.45, 7) is 17.0. The second-order valence-electron chi connectivity index (χ2n) is 9.63. The van der Waals surface area contributed by atoms with E-state index in [-0.39, 0.29) is 0 Å². The molecular formula is C30H41ClN2. The molecule has 3 heteroatoms. The summed E-state index contributed by atoms with van der Waals surface area (Å²) >= 11 is 6.60. The van der Waals surface area contributed by atoms with Crippen LogP contribution in [0.15, 0.2) is 76.7 Å². The van der Waals surface area contributed by atoms with Crippen LogP contribution in [0.25, 0.3) is 0 Å². The first-order chi connectivity index (χ1) is 15.9. The Morgan fingerprint density at radius 3 is 2.79 bits per heavy atom. The maximum Gasteiger partial charge on any atom is 0.0493 e. The van der Waals surface area contributed by atoms with Gasteiger partial charge in [-0.3, -0.25) is 4.90 Å². The van der Waals surface area contributed by atoms with Gasteiger partial charge in [0.05, 0.1) is 0 Å². The van der Waals surface area contributed by atoms with Crippen LogP contribution in [0.3, 0.4) is 0 Å². The Morgan fingerprint density at radius 1 is 1.30 bits per heavy atom. The third-order valence-electron chi connectivity index (χ3n) is 7.40. The van der Waals surface area contributed by atoms with E-state index in [1.165, 1.54) is 29.7 Å². The minimum absolute atomic E-state index is 0.510. The molecule has 33 heavy (non-hydrogen) atoms. The number of hydrogen-bond donors (Lipinski definition) is 1. The minimum atomic E-state index is 0.510. The number of fused-ring (bicyclic) bond motifs is 1. The van der Waals surface area contributed by atoms with E-state index in [4.69, 9.17) is 11.6 Å². The molecule has 1 heterocycles. The van der Waals surface area contributed by atoms with E-state index in [1.807, 2.05) is 0 Å². The molecule has 2 aliphatic rings. The molecule has 0 bridgehead atoms. The van der Waals surface area contributed by atoms with Gasteiger partial charge in [0, 0.05) is 41.1 Å². The maximum atomic E-state index is 6.60. The van der Waals surface area contributed by atoms with Crippen molar-refractivity contribution in [2.45, 2.75) is 72.8 Å². The Morgan fingerprint density at radius 2 is 2.09 bits per heavy atom. The zero-order valence-electron chi connectivity index (χ0n) is 21.2. The molecule has 1 aliphatic heterocycles. The molecule has 0 spiro atoms. The first-order valence-electron chi connectivity index (χ1n) is 12.5. The second kappa shape index (κ2) is 11.9. The molecule has 1 N–H and O–H groups in total. The van der Waals surface area contributed by atoms with Crippen molar-refractivity contribution in [1.29, 1.82) is 0 Å². The van der Waals surface area contributed by atoms with E-state index in [0.29, 0.717) is 17.0 Å². The largest absolute Gasteiger partial charge is 0.358 e. The molecule has 0 saturated heterocycles. The van der Waals surface area contributed by atoms with Crippen LogP contribution in [-0.4, -0.2) is 24.0 Å². The van der Waals surface area contributed by atoms with Crippen LogP contribution in [0.2, 0.25) is 0 Å². The van der Waals surface area contributed by atoms with E-state index in [2.05, 4.69) is 87.8 Å². The highest BCUT2D eigenvalue weighted by molar-refractivity contribution is 6.32. The first-order valence-corrected chi connectivity index (χ1v) is 12.9. The lowest BCUT2D eigenvalue weighted by Gasteiger charge is -2.39. The predicted octanol–water partition coefficient (Wildman–Crippen LogP) is 7.61. The van der Waals surface area contributed by atoms with E-state index in [9.17, 15) is 0 Å². The lowest BCUT2D eigenvalue weighted by molar-refractivity contribution is 0.184. The second-order valence-corrected chi connectivity index (χ2v) is 10.0. The van der Waals surface area contributed by atoms with Gasteiger partial charge in [-0.15, -0.1) is 0 Å². The van der Waals surface area contributed by atoms with Crippen molar-refractivity contribution < 1.29 is 0 Å². The van der Waals surface area contributed by atoms with Crippen molar-refractivity contribution in [3.8, 4) is 0 Å². The van der Waals surface area contributed by atoms with Crippen LogP contribution in [0.1, 0.15) is 63.6 Å². The van der Waals surface area contributed by atoms with Gasteiger partial charge in [0.1, 0.15) is 0 Å². The number of hydrogen-bond acceptors (Lipinski definition) is 2. The van der Waals surface area contributed by atoms with Gasteiger partial charge in [-0.2, -0.15) is 0 Å². The van der Waals surface area contributed by atoms with Crippen LogP contribution in [0.5, 0.6) is 0 Å². The van der Waals surface area contributed by atoms with Crippen LogP contribution in [0.4, 0.5) is 0 Å². The number of rotatable bonds is 8. The van der Waals surface area contributed by atoms with Crippen LogP contribution >= 0.6 is 11.6 Å². The summed E-state index contributed by atoms with van der Waals surface area (Å²) in [5, 5.41) is 4.45. The fourth-order valence-corrected chi connectivity index (χ4v) is 5.02. The highest BCUT2D eigenvalue weighted by atomic mass is 35.5. The standard InChI is InChI=1S/C30H41ClN2/c1-7-21(4)13-16-26(28(31)8-2)29(9-3)32-30-20-33(18-17-23(30)6)25-15-14-24-12-10-11-22(5)27(24)19-25/h8-13,16,21,25,32H,2,7,14-15,17-20H2,1,3-6H3/b16-13-,28-26-,29-9-. The summed E-state index contributed by atoms with van der Waals surface area (Å²) in [4.78, 5) is 2.69. The van der Waals surface area contributed by atoms with E-state index in [1.54, 1.807) is 17.2 Å². The number of nitrogens with one attached hydrogen (secondary N) is 1. The Hall–Kier alpha value is -2.03. The predicted molar refractivity (Wildman–Crippen MR) is 144 cm³/mol. The van der Waals surface area contributed by atoms with Gasteiger partial charge in [-0.25, -0.2) is 0 Å². The molecule has 3 rings (SSSR count). The number of benzene rings is 1. The molecule has 1 aromatic rings. The molecule has 0 amide bonds. The lowest BCUT2D eigenvalue weighted by atomic mass is 9.84. The van der Waals surface area contributed by atoms with Crippen LogP contribution < -0.4 is 5.32 Å². The van der Waals surface area contributed by atoms with Crippen molar-refractivity contribution >= 4 is 11.6 Å². The van der Waals surface area contributed by atoms with E-state index >= 15 is 0 Å². The highest BCUT2D eigenvalue weighted by Crippen LogP contribution is 2.30. The van der Waals surface area contributed by atoms with Crippen LogP contribution in [0, 0.1) is 12.8 Å². The van der Waals surface area contributed by atoms with Crippen molar-refractivity contribution in [3.05, 3.63) is 93.3 Å². The fraction of sp³-hybridized carbons (Fsp3) is 0.467. The SMILES string of the molecule is C=C/C(Cl)=C(\C=C/C(C)CC)C(=C/C)/NC1=C(C)CCN(C2CCc3cccc(C)c3C2)C1. The molecule has 0 radical (unpaired) electrons. The Labute approximate surface area is 206 Å². The Bertz CT molecular complexity index is 979. The topological polar surface area (TPSA) is 15.3 Å². The van der Waals surface area contributed by atoms with Gasteiger partial charge in [0.2, 0.25) is 0 Å². The van der Waals surface area contributed by atoms with Gasteiger partial charge < -0.3 is 5.32 Å². The third kappa shape index (κ3) is 6.31. The smallest absolute Gasteiger partial charge is 0.0493 e. The Kier molecular flexibility index (Phi) is 9.23. The van der Waals surface area contributed by atoms with Crippen molar-refractivity contribution in [2.75, 3.05) is 13.1 Å². The molecule has 2 nitrogen and oxygen atoms in total. The van der Waals surface area contributed by atoms with Crippen LogP contribution in [-0.2, 0) is 12.8 Å². The molecule has 0 saturated carbocycles. The minimum Gasteiger partial charge on any atom is -0.358 e. The summed E-state index contributed by atoms with van der Waals surface area (Å²) in [6.07, 6.45) is 14.1. The highest BCUT2D eigenvalue weighted by Gasteiger charge is 2.28. The van der Waals surface area contributed by atoms with E-state index in [0.717, 1.165) is 43.6 Å². The zero-order valence-corrected chi connectivity index (χ0v) is 21.9. The average Bonchev–Trinajstić information content (AvgIpc) is 2.84. The monoisotopic (exact) mass is 464 g/mol. The lowest BCUT2D eigenvalue weighted by Crippen LogP contribution is -2.45. The average molecular weight is 465 g/mol. The van der Waals surface area contributed by atoms with Gasteiger partial charge in [0.25, 0.3) is 0 Å². The molecule has 0 aromatic heterocycles. The summed E-state index contributed by atoms with van der Waals surface area (Å²) in [7, 11) is 0. The van der Waals surface area contributed by atoms with Gasteiger partial charge in [-0.1, -0.05) is 86.5 Å². The summed E-state index contributed by atoms with van der Waals surface area (Å²) in [5.41, 5.74) is 9.38. The van der Waals surface area contributed by atoms with E-state index < -0.39 is 0 Å². The fourth-order valence-electron chi connectivity index (χ4n) is 4.86. The van der Waals surface area contributed by atoms with Crippen molar-refractivity contribution in [3.63, 3.8) is 0 Å². The van der Waals surface area contributed by atoms with Crippen molar-refractivity contribution in [2.24, 2.45) is 5.92 Å². The molecular weight excluding hydrogens is 424 g/mol. The number of nitrogens with zero attached hydrogens (tertiary/aromatic N) is 1. The van der Waals surface area contributed by atoms with Gasteiger partial charge >= 0.3 is 0 Å². The normalized spacial score (nSPS) is 21.6. The van der Waals surface area contributed by atoms with Gasteiger partial charge in [0.15, 0.2) is 0 Å². The van der Waals surface area contributed by atoms with Crippen molar-refractivity contribution in [1.82, 2.24) is 10.2 Å². The molecule has 1 aliphatic carbocycles. The molecule has 178 valence electrons. The quantitative estimate of drug-likeness (QED) is 0.398. The molecule has 0 fully saturated rings. The summed E-state index contributed by atoms with van der Waals surface area (Å²) in [5.74, 6) is 0.510. The number of aryl methyl sites for hydroxylation is 2. The number of allylic oxidation sites excluding steroid dienone is 5. The molecule has 1 aromatic carbocycles. The zero-order chi connectivity index (χ0) is 24.0. The molecule has 2 atom stereocenters. The summed E-state index contributed by atoms with van der Waals surface area (Å²) < 4.78 is 0.